The second kappa shape index (κ2) is 9.07. The molecule has 0 saturated heterocycles. The number of nitrogens with two attached hydrogens (primary N) is 1. The molecule has 130 valence electrons. The maximum absolute atomic E-state index is 5.96. The quantitative estimate of drug-likeness (QED) is 0.356. The Morgan fingerprint density at radius 3 is 2.80 bits per heavy atom. The predicted molar refractivity (Wildman–Crippen MR) is 111 cm³/mol. The van der Waals surface area contributed by atoms with Gasteiger partial charge in [0, 0.05) is 24.1 Å². The summed E-state index contributed by atoms with van der Waals surface area (Å²) in [4.78, 5) is 4.38. The van der Waals surface area contributed by atoms with Crippen LogP contribution in [-0.2, 0) is 6.54 Å². The maximum atomic E-state index is 5.96. The molecule has 0 atom stereocenters. The van der Waals surface area contributed by atoms with Gasteiger partial charge in [0.15, 0.2) is 5.96 Å². The number of aliphatic imine (C=N–C) groups is 1. The Bertz CT molecular complexity index is 833. The van der Waals surface area contributed by atoms with Crippen molar-refractivity contribution in [3.05, 3.63) is 72.6 Å². The smallest absolute Gasteiger partial charge is 0.193 e. The van der Waals surface area contributed by atoms with E-state index in [9.17, 15) is 0 Å². The second-order valence-corrected chi connectivity index (χ2v) is 5.18. The topological polar surface area (TPSA) is 77.5 Å². The van der Waals surface area contributed by atoms with Gasteiger partial charge in [-0.1, -0.05) is 18.2 Å². The number of guanidine groups is 1. The predicted octanol–water partition coefficient (Wildman–Crippen LogP) is 3.43. The number of halogens is 1. The third-order valence-electron chi connectivity index (χ3n) is 3.45. The first-order valence-electron chi connectivity index (χ1n) is 7.54. The minimum absolute atomic E-state index is 0. The van der Waals surface area contributed by atoms with Crippen LogP contribution < -0.4 is 15.8 Å². The summed E-state index contributed by atoms with van der Waals surface area (Å²) in [5.74, 6) is 1.12. The molecule has 0 aliphatic carbocycles. The summed E-state index contributed by atoms with van der Waals surface area (Å²) in [7, 11) is 1.63. The summed E-state index contributed by atoms with van der Waals surface area (Å²) in [5.41, 5.74) is 8.84. The van der Waals surface area contributed by atoms with E-state index in [1.807, 2.05) is 65.5 Å². The zero-order valence-corrected chi connectivity index (χ0v) is 16.1. The van der Waals surface area contributed by atoms with Gasteiger partial charge in [0.25, 0.3) is 0 Å². The van der Waals surface area contributed by atoms with E-state index in [0.717, 1.165) is 22.7 Å². The molecule has 6 nitrogen and oxygen atoms in total. The normalized spacial score (nSPS) is 10.8. The van der Waals surface area contributed by atoms with Crippen molar-refractivity contribution in [1.29, 1.82) is 0 Å². The van der Waals surface area contributed by atoms with Crippen molar-refractivity contribution in [2.45, 2.75) is 6.54 Å². The van der Waals surface area contributed by atoms with Crippen LogP contribution in [0, 0.1) is 0 Å². The summed E-state index contributed by atoms with van der Waals surface area (Å²) in [5, 5.41) is 7.29. The Hall–Kier alpha value is -2.55. The minimum Gasteiger partial charge on any atom is -0.497 e. The molecule has 0 aliphatic heterocycles. The highest BCUT2D eigenvalue weighted by molar-refractivity contribution is 14.0. The average Bonchev–Trinajstić information content (AvgIpc) is 3.15. The fourth-order valence-corrected chi connectivity index (χ4v) is 2.28. The summed E-state index contributed by atoms with van der Waals surface area (Å²) < 4.78 is 7.00. The molecule has 3 rings (SSSR count). The van der Waals surface area contributed by atoms with E-state index in [-0.39, 0.29) is 24.0 Å². The molecule has 7 heteroatoms. The van der Waals surface area contributed by atoms with Gasteiger partial charge in [-0.3, -0.25) is 0 Å². The van der Waals surface area contributed by atoms with Gasteiger partial charge in [0.05, 0.1) is 19.3 Å². The van der Waals surface area contributed by atoms with E-state index in [1.54, 1.807) is 13.3 Å². The van der Waals surface area contributed by atoms with Gasteiger partial charge >= 0.3 is 0 Å². The molecule has 0 unspecified atom stereocenters. The Balaban J connectivity index is 0.00000225. The fraction of sp³-hybridized carbons (Fsp3) is 0.111. The lowest BCUT2D eigenvalue weighted by Crippen LogP contribution is -2.22. The monoisotopic (exact) mass is 449 g/mol. The van der Waals surface area contributed by atoms with E-state index < -0.39 is 0 Å². The van der Waals surface area contributed by atoms with Gasteiger partial charge in [-0.25, -0.2) is 9.67 Å². The first-order chi connectivity index (χ1) is 11.7. The van der Waals surface area contributed by atoms with Crippen LogP contribution in [0.15, 0.2) is 72.0 Å². The van der Waals surface area contributed by atoms with E-state index in [2.05, 4.69) is 15.4 Å². The lowest BCUT2D eigenvalue weighted by Gasteiger charge is -2.08. The highest BCUT2D eigenvalue weighted by Gasteiger charge is 2.00. The summed E-state index contributed by atoms with van der Waals surface area (Å²) in [6, 6.07) is 17.4. The number of benzene rings is 2. The number of nitrogens with zero attached hydrogens (tertiary/aromatic N) is 3. The molecule has 3 N–H and O–H groups in total. The first kappa shape index (κ1) is 18.8. The highest BCUT2D eigenvalue weighted by atomic mass is 127. The summed E-state index contributed by atoms with van der Waals surface area (Å²) >= 11 is 0. The zero-order chi connectivity index (χ0) is 16.8. The van der Waals surface area contributed by atoms with Crippen LogP contribution in [-0.4, -0.2) is 22.8 Å². The van der Waals surface area contributed by atoms with Crippen LogP contribution >= 0.6 is 24.0 Å². The highest BCUT2D eigenvalue weighted by Crippen LogP contribution is 2.16. The summed E-state index contributed by atoms with van der Waals surface area (Å²) in [6.45, 7) is 0.484. The fourth-order valence-electron chi connectivity index (χ4n) is 2.28. The molecule has 0 bridgehead atoms. The Labute approximate surface area is 163 Å². The lowest BCUT2D eigenvalue weighted by atomic mass is 10.2. The van der Waals surface area contributed by atoms with Gasteiger partial charge in [-0.2, -0.15) is 5.10 Å². The van der Waals surface area contributed by atoms with E-state index >= 15 is 0 Å². The van der Waals surface area contributed by atoms with E-state index in [1.165, 1.54) is 0 Å². The minimum atomic E-state index is 0. The SMILES string of the molecule is COc1cccc(NC(N)=NCc2cccc(-n3cccn3)c2)c1.I. The van der Waals surface area contributed by atoms with E-state index in [4.69, 9.17) is 10.5 Å². The van der Waals surface area contributed by atoms with Crippen molar-refractivity contribution >= 4 is 35.6 Å². The average molecular weight is 449 g/mol. The molecule has 0 saturated carbocycles. The van der Waals surface area contributed by atoms with Gasteiger partial charge in [-0.15, -0.1) is 24.0 Å². The Morgan fingerprint density at radius 1 is 1.20 bits per heavy atom. The van der Waals surface area contributed by atoms with Crippen LogP contribution in [0.4, 0.5) is 5.69 Å². The number of ether oxygens (including phenoxy) is 1. The van der Waals surface area contributed by atoms with Crippen LogP contribution in [0.5, 0.6) is 5.75 Å². The van der Waals surface area contributed by atoms with Gasteiger partial charge < -0.3 is 15.8 Å². The number of anilines is 1. The molecule has 0 aliphatic rings. The maximum Gasteiger partial charge on any atom is 0.193 e. The van der Waals surface area contributed by atoms with Crippen molar-refractivity contribution < 1.29 is 4.74 Å². The third-order valence-corrected chi connectivity index (χ3v) is 3.45. The van der Waals surface area contributed by atoms with Crippen LogP contribution in [0.25, 0.3) is 5.69 Å². The van der Waals surface area contributed by atoms with Gasteiger partial charge in [0.2, 0.25) is 0 Å². The largest absolute Gasteiger partial charge is 0.497 e. The van der Waals surface area contributed by atoms with Crippen molar-refractivity contribution in [1.82, 2.24) is 9.78 Å². The molecular formula is C18H20IN5O. The molecule has 2 aromatic carbocycles. The van der Waals surface area contributed by atoms with Crippen LogP contribution in [0.2, 0.25) is 0 Å². The van der Waals surface area contributed by atoms with E-state index in [0.29, 0.717) is 12.5 Å². The van der Waals surface area contributed by atoms with Gasteiger partial charge in [0.1, 0.15) is 5.75 Å². The number of hydrogen-bond acceptors (Lipinski definition) is 3. The molecule has 3 aromatic rings. The molecule has 25 heavy (non-hydrogen) atoms. The van der Waals surface area contributed by atoms with Crippen molar-refractivity contribution in [3.63, 3.8) is 0 Å². The summed E-state index contributed by atoms with van der Waals surface area (Å²) in [6.07, 6.45) is 3.65. The number of aromatic nitrogens is 2. The van der Waals surface area contributed by atoms with Crippen LogP contribution in [0.1, 0.15) is 5.56 Å². The standard InChI is InChI=1S/C18H19N5O.HI/c1-24-17-8-3-6-15(12-17)22-18(19)20-13-14-5-2-7-16(11-14)23-10-4-9-21-23;/h2-12H,13H2,1H3,(H3,19,20,22);1H. The molecule has 1 aromatic heterocycles. The van der Waals surface area contributed by atoms with Crippen molar-refractivity contribution in [2.24, 2.45) is 10.7 Å². The first-order valence-corrected chi connectivity index (χ1v) is 7.54. The van der Waals surface area contributed by atoms with Crippen molar-refractivity contribution in [2.75, 3.05) is 12.4 Å². The molecule has 0 amide bonds. The number of hydrogen-bond donors (Lipinski definition) is 2. The van der Waals surface area contributed by atoms with Crippen molar-refractivity contribution in [3.8, 4) is 11.4 Å². The Kier molecular flexibility index (Phi) is 6.81. The lowest BCUT2D eigenvalue weighted by molar-refractivity contribution is 0.415. The number of methoxy groups -OCH3 is 1. The molecule has 0 radical (unpaired) electrons. The zero-order valence-electron chi connectivity index (χ0n) is 13.8. The number of nitrogens with one attached hydrogen (secondary N) is 1. The van der Waals surface area contributed by atoms with Gasteiger partial charge in [-0.05, 0) is 35.9 Å². The Morgan fingerprint density at radius 2 is 2.04 bits per heavy atom. The third kappa shape index (κ3) is 5.21. The molecular weight excluding hydrogens is 429 g/mol. The molecule has 0 fully saturated rings. The van der Waals surface area contributed by atoms with Crippen LogP contribution in [0.3, 0.4) is 0 Å². The molecule has 1 heterocycles. The second-order valence-electron chi connectivity index (χ2n) is 5.18. The molecule has 0 spiro atoms. The number of rotatable bonds is 5.